The molecule has 45 heavy (non-hydrogen) atoms. The van der Waals surface area contributed by atoms with E-state index in [1.165, 1.54) is 26.0 Å². The van der Waals surface area contributed by atoms with Crippen LogP contribution in [0.25, 0.3) is 0 Å². The number of alkyl halides is 1. The Balaban J connectivity index is 2.17. The van der Waals surface area contributed by atoms with Crippen molar-refractivity contribution in [2.75, 3.05) is 6.61 Å². The van der Waals surface area contributed by atoms with Crippen molar-refractivity contribution >= 4 is 47.4 Å². The first kappa shape index (κ1) is 34.4. The van der Waals surface area contributed by atoms with Crippen LogP contribution in [0.5, 0.6) is 0 Å². The molecule has 12 atom stereocenters. The van der Waals surface area contributed by atoms with E-state index in [1.54, 1.807) is 0 Å². The van der Waals surface area contributed by atoms with Gasteiger partial charge in [-0.3, -0.25) is 28.8 Å². The van der Waals surface area contributed by atoms with Gasteiger partial charge in [-0.2, -0.15) is 0 Å². The highest BCUT2D eigenvalue weighted by molar-refractivity contribution is 6.23. The van der Waals surface area contributed by atoms with Crippen LogP contribution in [-0.4, -0.2) is 101 Å². The first-order chi connectivity index (χ1) is 20.8. The van der Waals surface area contributed by atoms with Crippen LogP contribution in [0.4, 0.5) is 0 Å². The van der Waals surface area contributed by atoms with E-state index in [0.717, 1.165) is 34.6 Å². The number of rotatable bonds is 5. The number of hydrogen-bond acceptors (Lipinski definition) is 14. The average Bonchev–Trinajstić information content (AvgIpc) is 3.67. The second-order valence-corrected chi connectivity index (χ2v) is 12.6. The number of carbonyl (C=O) groups excluding carboxylic acids is 6. The van der Waals surface area contributed by atoms with E-state index < -0.39 is 106 Å². The molecule has 0 amide bonds. The second-order valence-electron chi connectivity index (χ2n) is 12.1. The normalized spacial score (nSPS) is 41.9. The quantitative estimate of drug-likeness (QED) is 0.191. The zero-order valence-corrected chi connectivity index (χ0v) is 26.7. The van der Waals surface area contributed by atoms with Gasteiger partial charge in [0.15, 0.2) is 30.0 Å². The van der Waals surface area contributed by atoms with Gasteiger partial charge in [-0.25, -0.2) is 0 Å². The van der Waals surface area contributed by atoms with Gasteiger partial charge in [-0.15, -0.1) is 11.6 Å². The molecule has 12 unspecified atom stereocenters. The fourth-order valence-corrected chi connectivity index (χ4v) is 7.50. The minimum Gasteiger partial charge on any atom is -0.459 e. The zero-order valence-electron chi connectivity index (χ0n) is 25.9. The number of aliphatic hydroxyl groups is 1. The molecule has 2 heterocycles. The number of carbonyl (C=O) groups is 6. The largest absolute Gasteiger partial charge is 0.459 e. The van der Waals surface area contributed by atoms with E-state index in [1.807, 2.05) is 0 Å². The molecular weight excluding hydrogens is 620 g/mol. The van der Waals surface area contributed by atoms with Crippen molar-refractivity contribution in [3.05, 3.63) is 24.3 Å². The van der Waals surface area contributed by atoms with Crippen molar-refractivity contribution in [3.8, 4) is 0 Å². The maximum absolute atomic E-state index is 13.1. The van der Waals surface area contributed by atoms with Gasteiger partial charge in [-0.05, 0) is 18.6 Å². The maximum atomic E-state index is 13.1. The molecule has 2 saturated heterocycles. The maximum Gasteiger partial charge on any atom is 0.312 e. The molecule has 3 fully saturated rings. The number of epoxide rings is 1. The molecule has 1 N–H and O–H groups in total. The van der Waals surface area contributed by atoms with Crippen LogP contribution in [0.15, 0.2) is 24.3 Å². The molecule has 248 valence electrons. The van der Waals surface area contributed by atoms with Gasteiger partial charge in [0.2, 0.25) is 0 Å². The van der Waals surface area contributed by atoms with Crippen molar-refractivity contribution in [2.45, 2.75) is 102 Å². The number of esters is 6. The smallest absolute Gasteiger partial charge is 0.312 e. The highest BCUT2D eigenvalue weighted by Gasteiger charge is 2.81. The minimum absolute atomic E-state index is 0.120. The molecule has 1 spiro atoms. The Hall–Kier alpha value is -3.49. The molecule has 4 rings (SSSR count). The summed E-state index contributed by atoms with van der Waals surface area (Å²) >= 11 is 6.75. The molecule has 15 heteroatoms. The summed E-state index contributed by atoms with van der Waals surface area (Å²) in [5.74, 6) is -7.91. The molecule has 0 aromatic rings. The van der Waals surface area contributed by atoms with Gasteiger partial charge < -0.3 is 38.3 Å². The lowest BCUT2D eigenvalue weighted by Crippen LogP contribution is -2.76. The van der Waals surface area contributed by atoms with Gasteiger partial charge >= 0.3 is 35.8 Å². The number of ether oxygens (including phenoxy) is 7. The molecule has 0 aromatic carbocycles. The fraction of sp³-hybridized carbons (Fsp3) is 0.667. The van der Waals surface area contributed by atoms with Gasteiger partial charge in [0.05, 0.1) is 23.3 Å². The summed E-state index contributed by atoms with van der Waals surface area (Å²) in [6.07, 6.45) is -6.63. The number of fused-ring (bicyclic) bond motifs is 3. The first-order valence-electron chi connectivity index (χ1n) is 14.3. The average molecular weight is 657 g/mol. The van der Waals surface area contributed by atoms with E-state index in [9.17, 15) is 33.9 Å². The highest BCUT2D eigenvalue weighted by atomic mass is 35.5. The number of allylic oxidation sites excluding steroid dienone is 1. The Labute approximate surface area is 264 Å². The lowest BCUT2D eigenvalue weighted by Gasteiger charge is -2.59. The number of halogens is 1. The SMILES string of the molecule is C=C1C=CC(OC(C)=O)C2(C)C(OC(C)=O)C(OC(C)=O)C(OC(C)=O)C3(CO3)C2C(OC(C)=O)C2(O)C(C)C(=O)OC2C1Cl. The first-order valence-corrected chi connectivity index (χ1v) is 14.7. The van der Waals surface area contributed by atoms with Crippen molar-refractivity contribution in [1.82, 2.24) is 0 Å². The molecule has 4 aliphatic rings. The Morgan fingerprint density at radius 1 is 0.889 bits per heavy atom. The van der Waals surface area contributed by atoms with E-state index in [-0.39, 0.29) is 12.2 Å². The van der Waals surface area contributed by atoms with Crippen LogP contribution in [0.2, 0.25) is 0 Å². The van der Waals surface area contributed by atoms with Crippen LogP contribution in [0.1, 0.15) is 48.5 Å². The van der Waals surface area contributed by atoms with E-state index in [2.05, 4.69) is 6.58 Å². The number of hydrogen-bond donors (Lipinski definition) is 1. The topological polar surface area (TPSA) is 191 Å². The Bertz CT molecular complexity index is 1340. The van der Waals surface area contributed by atoms with Crippen LogP contribution in [0, 0.1) is 17.3 Å². The third kappa shape index (κ3) is 5.72. The predicted molar refractivity (Wildman–Crippen MR) is 150 cm³/mol. The second kappa shape index (κ2) is 12.0. The van der Waals surface area contributed by atoms with Crippen LogP contribution in [-0.2, 0) is 61.9 Å². The van der Waals surface area contributed by atoms with E-state index >= 15 is 0 Å². The van der Waals surface area contributed by atoms with E-state index in [4.69, 9.17) is 44.8 Å². The molecule has 2 aliphatic carbocycles. The van der Waals surface area contributed by atoms with Crippen LogP contribution in [0.3, 0.4) is 0 Å². The zero-order chi connectivity index (χ0) is 33.8. The van der Waals surface area contributed by atoms with E-state index in [0.29, 0.717) is 0 Å². The Morgan fingerprint density at radius 2 is 1.38 bits per heavy atom. The van der Waals surface area contributed by atoms with Gasteiger partial charge in [0.25, 0.3) is 0 Å². The summed E-state index contributed by atoms with van der Waals surface area (Å²) in [6, 6.07) is 0. The predicted octanol–water partition coefficient (Wildman–Crippen LogP) is 1.08. The fourth-order valence-electron chi connectivity index (χ4n) is 7.17. The van der Waals surface area contributed by atoms with Gasteiger partial charge in [-0.1, -0.05) is 19.6 Å². The third-order valence-corrected chi connectivity index (χ3v) is 9.57. The summed E-state index contributed by atoms with van der Waals surface area (Å²) in [5.41, 5.74) is -5.85. The summed E-state index contributed by atoms with van der Waals surface area (Å²) in [7, 11) is 0. The van der Waals surface area contributed by atoms with Crippen molar-refractivity contribution in [2.24, 2.45) is 17.3 Å². The molecule has 1 saturated carbocycles. The summed E-state index contributed by atoms with van der Waals surface area (Å²) in [6.45, 7) is 12.0. The molecule has 14 nitrogen and oxygen atoms in total. The summed E-state index contributed by atoms with van der Waals surface area (Å²) in [4.78, 5) is 76.3. The molecule has 0 bridgehead atoms. The molecule has 0 radical (unpaired) electrons. The summed E-state index contributed by atoms with van der Waals surface area (Å²) in [5, 5.41) is 11.4. The van der Waals surface area contributed by atoms with Crippen LogP contribution < -0.4 is 0 Å². The minimum atomic E-state index is -2.41. The van der Waals surface area contributed by atoms with Crippen LogP contribution >= 0.6 is 11.6 Å². The molecular formula is C30H37ClO14. The lowest BCUT2D eigenvalue weighted by atomic mass is 9.51. The van der Waals surface area contributed by atoms with Crippen molar-refractivity contribution < 1.29 is 67.0 Å². The highest BCUT2D eigenvalue weighted by Crippen LogP contribution is 2.63. The van der Waals surface area contributed by atoms with Gasteiger partial charge in [0, 0.05) is 40.5 Å². The Morgan fingerprint density at radius 3 is 1.87 bits per heavy atom. The Kier molecular flexibility index (Phi) is 9.19. The molecule has 2 aliphatic heterocycles. The van der Waals surface area contributed by atoms with Crippen molar-refractivity contribution in [3.63, 3.8) is 0 Å². The third-order valence-electron chi connectivity index (χ3n) is 9.06. The lowest BCUT2D eigenvalue weighted by molar-refractivity contribution is -0.280. The standard InChI is InChI=1S/C30H37ClO14/c1-12-9-10-19(40-14(3)32)28(8)22(26(44-18(7)36)30(38)13(2)27(37)45-23(30)20(12)31)29(11-39-29)25(43-17(6)35)21(41-15(4)33)24(28)42-16(5)34/h9-10,13,19-26,38H,1,11H2,2-8H3. The van der Waals surface area contributed by atoms with Gasteiger partial charge in [0.1, 0.15) is 17.8 Å². The van der Waals surface area contributed by atoms with Crippen molar-refractivity contribution in [1.29, 1.82) is 0 Å². The monoisotopic (exact) mass is 656 g/mol. The summed E-state index contributed by atoms with van der Waals surface area (Å²) < 4.78 is 40.5. The molecule has 0 aromatic heterocycles.